The van der Waals surface area contributed by atoms with Crippen molar-refractivity contribution in [3.05, 3.63) is 0 Å². The molecule has 3 fully saturated rings. The number of hydrogen-bond acceptors (Lipinski definition) is 5. The van der Waals surface area contributed by atoms with Crippen molar-refractivity contribution in [2.45, 2.75) is 102 Å². The van der Waals surface area contributed by atoms with Crippen LogP contribution in [0.15, 0.2) is 0 Å². The zero-order valence-electron chi connectivity index (χ0n) is 22.1. The van der Waals surface area contributed by atoms with Crippen LogP contribution in [-0.4, -0.2) is 124 Å². The molecule has 0 spiro atoms. The van der Waals surface area contributed by atoms with E-state index < -0.39 is 0 Å². The Hall–Kier alpha value is -0.200. The van der Waals surface area contributed by atoms with Crippen LogP contribution in [0.25, 0.3) is 0 Å². The van der Waals surface area contributed by atoms with E-state index >= 15 is 0 Å². The van der Waals surface area contributed by atoms with Crippen LogP contribution in [0.4, 0.5) is 0 Å². The van der Waals surface area contributed by atoms with E-state index in [2.05, 4.69) is 59.4 Å². The lowest BCUT2D eigenvalue weighted by atomic mass is 10.1. The normalized spacial score (nSPS) is 19.8. The van der Waals surface area contributed by atoms with Crippen LogP contribution in [0.5, 0.6) is 0 Å². The minimum Gasteiger partial charge on any atom is -0.304 e. The van der Waals surface area contributed by atoms with E-state index in [4.69, 9.17) is 0 Å². The second kappa shape index (κ2) is 28.4. The van der Waals surface area contributed by atoms with E-state index in [9.17, 15) is 0 Å². The van der Waals surface area contributed by atoms with Crippen molar-refractivity contribution in [1.82, 2.24) is 24.5 Å². The van der Waals surface area contributed by atoms with Gasteiger partial charge in [0, 0.05) is 52.4 Å². The van der Waals surface area contributed by atoms with Gasteiger partial charge in [-0.2, -0.15) is 0 Å². The molecule has 3 saturated heterocycles. The highest BCUT2D eigenvalue weighted by molar-refractivity contribution is 4.69. The van der Waals surface area contributed by atoms with E-state index in [1.165, 1.54) is 136 Å². The molecule has 0 amide bonds. The summed E-state index contributed by atoms with van der Waals surface area (Å²) in [5.41, 5.74) is 0. The summed E-state index contributed by atoms with van der Waals surface area (Å²) in [4.78, 5) is 12.5. The molecular weight excluding hydrogens is 430 g/mol. The first-order chi connectivity index (χ1) is 15.1. The average molecular weight is 504 g/mol. The third-order valence-corrected chi connectivity index (χ3v) is 6.84. The minimum atomic E-state index is 0. The molecule has 0 saturated carbocycles. The Morgan fingerprint density at radius 3 is 1.09 bits per heavy atom. The smallest absolute Gasteiger partial charge is 0.0110 e. The van der Waals surface area contributed by atoms with E-state index in [0.717, 1.165) is 0 Å². The van der Waals surface area contributed by atoms with Crippen LogP contribution < -0.4 is 0 Å². The molecule has 0 N–H and O–H groups in total. The Bertz CT molecular complexity index is 364. The van der Waals surface area contributed by atoms with Crippen molar-refractivity contribution in [3.8, 4) is 0 Å². The second-order valence-electron chi connectivity index (χ2n) is 9.90. The van der Waals surface area contributed by atoms with Crippen LogP contribution in [0.2, 0.25) is 0 Å². The first-order valence-electron chi connectivity index (χ1n) is 13.6. The number of piperazine rings is 2. The first kappa shape index (κ1) is 41.9. The van der Waals surface area contributed by atoms with Gasteiger partial charge < -0.3 is 24.5 Å². The molecule has 0 aromatic carbocycles. The summed E-state index contributed by atoms with van der Waals surface area (Å²) in [5.74, 6) is 0. The number of nitrogens with zero attached hydrogens (tertiary/aromatic N) is 5. The molecular formula is C30H73N5. The van der Waals surface area contributed by atoms with Gasteiger partial charge in [0.2, 0.25) is 0 Å². The summed E-state index contributed by atoms with van der Waals surface area (Å²) in [7, 11) is 4.40. The van der Waals surface area contributed by atoms with Gasteiger partial charge >= 0.3 is 0 Å². The largest absolute Gasteiger partial charge is 0.304 e. The summed E-state index contributed by atoms with van der Waals surface area (Å²) < 4.78 is 0. The van der Waals surface area contributed by atoms with E-state index in [-0.39, 0.29) is 29.7 Å². The Morgan fingerprint density at radius 1 is 0.400 bits per heavy atom. The molecule has 218 valence electrons. The van der Waals surface area contributed by atoms with Crippen LogP contribution in [0.3, 0.4) is 0 Å². The molecule has 3 aliphatic heterocycles. The summed E-state index contributed by atoms with van der Waals surface area (Å²) in [5, 5.41) is 0. The van der Waals surface area contributed by atoms with Crippen LogP contribution >= 0.6 is 0 Å². The number of likely N-dealkylation sites (tertiary alicyclic amines) is 1. The van der Waals surface area contributed by atoms with Gasteiger partial charge in [0.25, 0.3) is 0 Å². The van der Waals surface area contributed by atoms with Crippen LogP contribution in [-0.2, 0) is 0 Å². The number of hydrogen-bond donors (Lipinski definition) is 0. The lowest BCUT2D eigenvalue weighted by Gasteiger charge is -2.32. The summed E-state index contributed by atoms with van der Waals surface area (Å²) >= 11 is 0. The topological polar surface area (TPSA) is 16.2 Å². The van der Waals surface area contributed by atoms with Gasteiger partial charge in [-0.05, 0) is 78.9 Å². The molecule has 0 aromatic rings. The van der Waals surface area contributed by atoms with Gasteiger partial charge in [-0.3, -0.25) is 0 Å². The quantitative estimate of drug-likeness (QED) is 0.375. The first-order valence-corrected chi connectivity index (χ1v) is 13.6. The van der Waals surface area contributed by atoms with Crippen molar-refractivity contribution in [2.75, 3.05) is 99.2 Å². The Labute approximate surface area is 225 Å². The Kier molecular flexibility index (Phi) is 34.0. The zero-order valence-corrected chi connectivity index (χ0v) is 22.1. The summed E-state index contributed by atoms with van der Waals surface area (Å²) in [6.07, 6.45) is 11.0. The van der Waals surface area contributed by atoms with Gasteiger partial charge in [-0.25, -0.2) is 0 Å². The van der Waals surface area contributed by atoms with Gasteiger partial charge in [-0.15, -0.1) is 0 Å². The fourth-order valence-corrected chi connectivity index (χ4v) is 4.41. The molecule has 0 aromatic heterocycles. The summed E-state index contributed by atoms with van der Waals surface area (Å²) in [6.45, 7) is 23.5. The standard InChI is InChI=1S/C9H20N2.C9H19N.C8H18N2.4CH4/c1-3-4-5-11-8-6-10(2)7-9-11;1-2-3-7-10-8-5-4-6-9-10;1-3-4-10-7-5-9(2)6-8-10;;;;/h3-9H2,1-2H3;2-9H2,1H3;3-8H2,1-2H3;4*1H4. The molecule has 3 heterocycles. The van der Waals surface area contributed by atoms with Crippen molar-refractivity contribution >= 4 is 0 Å². The van der Waals surface area contributed by atoms with Crippen LogP contribution in [0, 0.1) is 0 Å². The fraction of sp³-hybridized carbons (Fsp3) is 1.00. The predicted molar refractivity (Wildman–Crippen MR) is 165 cm³/mol. The highest BCUT2D eigenvalue weighted by Gasteiger charge is 2.12. The van der Waals surface area contributed by atoms with Gasteiger partial charge in [-0.1, -0.05) is 69.7 Å². The van der Waals surface area contributed by atoms with E-state index in [1.807, 2.05) is 0 Å². The minimum absolute atomic E-state index is 0. The predicted octanol–water partition coefficient (Wildman–Crippen LogP) is 6.49. The van der Waals surface area contributed by atoms with E-state index in [1.54, 1.807) is 0 Å². The maximum absolute atomic E-state index is 2.60. The Morgan fingerprint density at radius 2 is 0.743 bits per heavy atom. The van der Waals surface area contributed by atoms with Crippen molar-refractivity contribution in [2.24, 2.45) is 0 Å². The number of likely N-dealkylation sites (N-methyl/N-ethyl adjacent to an activating group) is 2. The fourth-order valence-electron chi connectivity index (χ4n) is 4.41. The highest BCUT2D eigenvalue weighted by Crippen LogP contribution is 2.09. The zero-order chi connectivity index (χ0) is 22.7. The number of piperidine rings is 1. The molecule has 35 heavy (non-hydrogen) atoms. The highest BCUT2D eigenvalue weighted by atomic mass is 15.2. The van der Waals surface area contributed by atoms with Gasteiger partial charge in [0.05, 0.1) is 0 Å². The molecule has 3 aliphatic rings. The monoisotopic (exact) mass is 504 g/mol. The van der Waals surface area contributed by atoms with Crippen LogP contribution in [0.1, 0.15) is 102 Å². The number of rotatable bonds is 8. The molecule has 5 heteroatoms. The third kappa shape index (κ3) is 22.7. The van der Waals surface area contributed by atoms with Gasteiger partial charge in [0.1, 0.15) is 0 Å². The lowest BCUT2D eigenvalue weighted by Crippen LogP contribution is -2.44. The maximum Gasteiger partial charge on any atom is 0.0110 e. The number of unbranched alkanes of at least 4 members (excludes halogenated alkanes) is 2. The molecule has 0 bridgehead atoms. The maximum atomic E-state index is 2.60. The van der Waals surface area contributed by atoms with Crippen molar-refractivity contribution < 1.29 is 0 Å². The van der Waals surface area contributed by atoms with Crippen molar-refractivity contribution in [1.29, 1.82) is 0 Å². The lowest BCUT2D eigenvalue weighted by molar-refractivity contribution is 0.152. The molecule has 0 radical (unpaired) electrons. The van der Waals surface area contributed by atoms with Crippen molar-refractivity contribution in [3.63, 3.8) is 0 Å². The Balaban J connectivity index is -0.000000195. The molecule has 0 aliphatic carbocycles. The SMILES string of the molecule is C.C.C.C.CCCCN1CCCCC1.CCCCN1CCN(C)CC1.CCCN1CCN(C)CC1. The van der Waals surface area contributed by atoms with Gasteiger partial charge in [0.15, 0.2) is 0 Å². The average Bonchev–Trinajstić information content (AvgIpc) is 2.81. The molecule has 0 unspecified atom stereocenters. The molecule has 0 atom stereocenters. The molecule has 5 nitrogen and oxygen atoms in total. The summed E-state index contributed by atoms with van der Waals surface area (Å²) in [6, 6.07) is 0. The molecule has 3 rings (SSSR count). The third-order valence-electron chi connectivity index (χ3n) is 6.84. The second-order valence-corrected chi connectivity index (χ2v) is 9.90. The van der Waals surface area contributed by atoms with E-state index in [0.29, 0.717) is 0 Å².